The van der Waals surface area contributed by atoms with E-state index < -0.39 is 0 Å². The van der Waals surface area contributed by atoms with E-state index in [1.165, 1.54) is 6.20 Å². The molecule has 0 aromatic carbocycles. The normalized spacial score (nSPS) is 13.0. The van der Waals surface area contributed by atoms with Crippen molar-refractivity contribution in [2.24, 2.45) is 16.1 Å². The molecule has 0 radical (unpaired) electrons. The van der Waals surface area contributed by atoms with Gasteiger partial charge in [-0.3, -0.25) is 0 Å². The molecule has 0 spiro atoms. The van der Waals surface area contributed by atoms with Gasteiger partial charge in [-0.05, 0) is 12.8 Å². The van der Waals surface area contributed by atoms with Crippen LogP contribution in [0.3, 0.4) is 0 Å². The van der Waals surface area contributed by atoms with Crippen molar-refractivity contribution in [2.45, 2.75) is 20.8 Å². The molecule has 0 aromatic heterocycles. The first-order valence-electron chi connectivity index (χ1n) is 3.40. The van der Waals surface area contributed by atoms with Crippen LogP contribution in [0.4, 0.5) is 0 Å². The van der Waals surface area contributed by atoms with Crippen LogP contribution >= 0.6 is 0 Å². The zero-order valence-corrected chi connectivity index (χ0v) is 6.83. The molecule has 0 rings (SSSR count). The van der Waals surface area contributed by atoms with Gasteiger partial charge in [-0.15, -0.1) is 0 Å². The fourth-order valence-corrected chi connectivity index (χ4v) is 0.614. The minimum absolute atomic E-state index is 0.439. The summed E-state index contributed by atoms with van der Waals surface area (Å²) in [6, 6.07) is 0. The van der Waals surface area contributed by atoms with Crippen molar-refractivity contribution >= 4 is 0 Å². The maximum absolute atomic E-state index is 3.93. The van der Waals surface area contributed by atoms with E-state index in [1.54, 1.807) is 0 Å². The molecule has 0 saturated carbocycles. The first-order valence-corrected chi connectivity index (χ1v) is 3.40. The highest BCUT2D eigenvalue weighted by molar-refractivity contribution is 4.99. The molecule has 2 heteroatoms. The van der Waals surface area contributed by atoms with Crippen LogP contribution in [0, 0.1) is 5.92 Å². The van der Waals surface area contributed by atoms with E-state index in [-0.39, 0.29) is 0 Å². The molecule has 0 N–H and O–H groups in total. The number of rotatable bonds is 3. The summed E-state index contributed by atoms with van der Waals surface area (Å²) in [5, 5.41) is 7.61. The van der Waals surface area contributed by atoms with Crippen molar-refractivity contribution in [3.8, 4) is 0 Å². The highest BCUT2D eigenvalue weighted by Crippen LogP contribution is 2.10. The number of allylic oxidation sites excluding steroid dienone is 2. The average molecular weight is 138 g/mol. The number of hydrogen-bond donors (Lipinski definition) is 0. The third-order valence-corrected chi connectivity index (χ3v) is 1.14. The smallest absolute Gasteiger partial charge is 0.0613 e. The molecule has 0 bridgehead atoms. The van der Waals surface area contributed by atoms with Crippen LogP contribution in [0.2, 0.25) is 0 Å². The first kappa shape index (κ1) is 9.08. The van der Waals surface area contributed by atoms with Gasteiger partial charge in [-0.25, -0.2) is 0 Å². The van der Waals surface area contributed by atoms with E-state index in [2.05, 4.69) is 30.7 Å². The van der Waals surface area contributed by atoms with Gasteiger partial charge in [0.15, 0.2) is 0 Å². The second-order valence-electron chi connectivity index (χ2n) is 2.27. The first-order chi connectivity index (χ1) is 4.72. The largest absolute Gasteiger partial charge is 0.160 e. The summed E-state index contributed by atoms with van der Waals surface area (Å²) in [7, 11) is 0. The topological polar surface area (TPSA) is 24.7 Å². The summed E-state index contributed by atoms with van der Waals surface area (Å²) in [5.41, 5.74) is 1.000. The SMILES string of the molecule is C=C/N=N\C(=C/C)C(C)C. The van der Waals surface area contributed by atoms with Crippen LogP contribution in [0.1, 0.15) is 20.8 Å². The lowest BCUT2D eigenvalue weighted by Crippen LogP contribution is -1.88. The Bertz CT molecular complexity index is 155. The molecule has 0 aromatic rings. The standard InChI is InChI=1S/C8H14N2/c1-5-8(7(3)4)10-9-6-2/h5-7H,2H2,1,3-4H3/b8-5-,10-9-. The molecule has 0 saturated heterocycles. The Kier molecular flexibility index (Phi) is 4.46. The Morgan fingerprint density at radius 3 is 2.40 bits per heavy atom. The van der Waals surface area contributed by atoms with E-state index in [4.69, 9.17) is 0 Å². The Morgan fingerprint density at radius 2 is 2.10 bits per heavy atom. The molecule has 0 aliphatic carbocycles. The molecule has 56 valence electrons. The quantitative estimate of drug-likeness (QED) is 0.535. The Morgan fingerprint density at radius 1 is 1.50 bits per heavy atom. The predicted octanol–water partition coefficient (Wildman–Crippen LogP) is 3.14. The number of hydrogen-bond acceptors (Lipinski definition) is 2. The molecule has 0 aliphatic heterocycles. The van der Waals surface area contributed by atoms with Crippen LogP contribution in [0.25, 0.3) is 0 Å². The zero-order chi connectivity index (χ0) is 7.98. The minimum atomic E-state index is 0.439. The summed E-state index contributed by atoms with van der Waals surface area (Å²) >= 11 is 0. The van der Waals surface area contributed by atoms with E-state index >= 15 is 0 Å². The van der Waals surface area contributed by atoms with E-state index in [1.807, 2.05) is 13.0 Å². The van der Waals surface area contributed by atoms with Crippen LogP contribution in [0.5, 0.6) is 0 Å². The third-order valence-electron chi connectivity index (χ3n) is 1.14. The average Bonchev–Trinajstić information content (AvgIpc) is 1.89. The van der Waals surface area contributed by atoms with E-state index in [0.29, 0.717) is 5.92 Å². The summed E-state index contributed by atoms with van der Waals surface area (Å²) in [4.78, 5) is 0. The molecular weight excluding hydrogens is 124 g/mol. The van der Waals surface area contributed by atoms with E-state index in [0.717, 1.165) is 5.70 Å². The summed E-state index contributed by atoms with van der Waals surface area (Å²) in [6.45, 7) is 9.56. The molecule has 0 amide bonds. The van der Waals surface area contributed by atoms with Crippen LogP contribution in [-0.2, 0) is 0 Å². The Hall–Kier alpha value is -0.920. The van der Waals surface area contributed by atoms with Gasteiger partial charge in [-0.2, -0.15) is 10.2 Å². The van der Waals surface area contributed by atoms with Crippen molar-refractivity contribution in [3.05, 3.63) is 24.6 Å². The fraction of sp³-hybridized carbons (Fsp3) is 0.500. The van der Waals surface area contributed by atoms with Gasteiger partial charge < -0.3 is 0 Å². The molecule has 10 heavy (non-hydrogen) atoms. The second-order valence-corrected chi connectivity index (χ2v) is 2.27. The van der Waals surface area contributed by atoms with E-state index in [9.17, 15) is 0 Å². The van der Waals surface area contributed by atoms with Crippen molar-refractivity contribution < 1.29 is 0 Å². The molecule has 0 fully saturated rings. The van der Waals surface area contributed by atoms with Gasteiger partial charge in [0.1, 0.15) is 0 Å². The highest BCUT2D eigenvalue weighted by atomic mass is 15.1. The monoisotopic (exact) mass is 138 g/mol. The number of azo groups is 1. The molecule has 0 heterocycles. The second kappa shape index (κ2) is 4.91. The van der Waals surface area contributed by atoms with Crippen molar-refractivity contribution in [2.75, 3.05) is 0 Å². The van der Waals surface area contributed by atoms with Gasteiger partial charge in [-0.1, -0.05) is 26.5 Å². The van der Waals surface area contributed by atoms with Crippen LogP contribution < -0.4 is 0 Å². The summed E-state index contributed by atoms with van der Waals surface area (Å²) < 4.78 is 0. The highest BCUT2D eigenvalue weighted by Gasteiger charge is 1.97. The molecule has 0 aliphatic rings. The van der Waals surface area contributed by atoms with Crippen molar-refractivity contribution in [1.29, 1.82) is 0 Å². The molecular formula is C8H14N2. The van der Waals surface area contributed by atoms with Gasteiger partial charge in [0.05, 0.1) is 5.70 Å². The summed E-state index contributed by atoms with van der Waals surface area (Å²) in [6.07, 6.45) is 3.39. The molecule has 2 nitrogen and oxygen atoms in total. The number of nitrogens with zero attached hydrogens (tertiary/aromatic N) is 2. The maximum Gasteiger partial charge on any atom is 0.0613 e. The lowest BCUT2D eigenvalue weighted by atomic mass is 10.1. The third kappa shape index (κ3) is 3.17. The lowest BCUT2D eigenvalue weighted by Gasteiger charge is -2.00. The maximum atomic E-state index is 3.93. The van der Waals surface area contributed by atoms with Crippen LogP contribution in [0.15, 0.2) is 34.8 Å². The minimum Gasteiger partial charge on any atom is -0.160 e. The van der Waals surface area contributed by atoms with Gasteiger partial charge >= 0.3 is 0 Å². The fourth-order valence-electron chi connectivity index (χ4n) is 0.614. The van der Waals surface area contributed by atoms with Gasteiger partial charge in [0.25, 0.3) is 0 Å². The lowest BCUT2D eigenvalue weighted by molar-refractivity contribution is 0.739. The molecule has 0 unspecified atom stereocenters. The van der Waals surface area contributed by atoms with Crippen molar-refractivity contribution in [1.82, 2.24) is 0 Å². The Balaban J connectivity index is 4.10. The predicted molar refractivity (Wildman–Crippen MR) is 43.6 cm³/mol. The zero-order valence-electron chi connectivity index (χ0n) is 6.83. The van der Waals surface area contributed by atoms with Gasteiger partial charge in [0.2, 0.25) is 0 Å². The van der Waals surface area contributed by atoms with Gasteiger partial charge in [0, 0.05) is 6.20 Å². The summed E-state index contributed by atoms with van der Waals surface area (Å²) in [5.74, 6) is 0.439. The Labute approximate surface area is 62.4 Å². The molecule has 0 atom stereocenters. The van der Waals surface area contributed by atoms with Crippen LogP contribution in [-0.4, -0.2) is 0 Å². The van der Waals surface area contributed by atoms with Crippen molar-refractivity contribution in [3.63, 3.8) is 0 Å².